The third kappa shape index (κ3) is 3.93. The SMILES string of the molecule is COCc1nc2n(n1)C(c1ccc(C#N)cc1)C(C#N)=C(C)N2c1cccc(C(F)(F)F)c1. The van der Waals surface area contributed by atoms with E-state index < -0.39 is 17.8 Å². The van der Waals surface area contributed by atoms with Gasteiger partial charge in [0.2, 0.25) is 5.95 Å². The van der Waals surface area contributed by atoms with E-state index in [0.29, 0.717) is 28.2 Å². The van der Waals surface area contributed by atoms with E-state index in [1.165, 1.54) is 28.8 Å². The number of methoxy groups -OCH3 is 1. The number of ether oxygens (including phenoxy) is 1. The summed E-state index contributed by atoms with van der Waals surface area (Å²) in [7, 11) is 1.48. The zero-order valence-corrected chi connectivity index (χ0v) is 17.6. The van der Waals surface area contributed by atoms with Gasteiger partial charge in [-0.15, -0.1) is 0 Å². The number of allylic oxidation sites excluding steroid dienone is 2. The minimum Gasteiger partial charge on any atom is -0.377 e. The van der Waals surface area contributed by atoms with E-state index >= 15 is 0 Å². The van der Waals surface area contributed by atoms with Crippen LogP contribution in [0.25, 0.3) is 0 Å². The van der Waals surface area contributed by atoms with E-state index in [1.54, 1.807) is 31.2 Å². The van der Waals surface area contributed by atoms with Gasteiger partial charge in [0.1, 0.15) is 12.6 Å². The highest BCUT2D eigenvalue weighted by Crippen LogP contribution is 2.43. The molecule has 10 heteroatoms. The van der Waals surface area contributed by atoms with Crippen LogP contribution in [-0.2, 0) is 17.5 Å². The Balaban J connectivity index is 1.94. The number of aromatic nitrogens is 3. The van der Waals surface area contributed by atoms with Crippen LogP contribution in [0.4, 0.5) is 24.8 Å². The summed E-state index contributed by atoms with van der Waals surface area (Å²) in [6.45, 7) is 1.74. The highest BCUT2D eigenvalue weighted by atomic mass is 19.4. The maximum atomic E-state index is 13.4. The number of benzene rings is 2. The number of alkyl halides is 3. The maximum Gasteiger partial charge on any atom is 0.416 e. The van der Waals surface area contributed by atoms with Gasteiger partial charge in [-0.3, -0.25) is 4.90 Å². The Bertz CT molecular complexity index is 1310. The molecule has 0 bridgehead atoms. The fourth-order valence-corrected chi connectivity index (χ4v) is 3.78. The second-order valence-corrected chi connectivity index (χ2v) is 7.34. The van der Waals surface area contributed by atoms with Crippen LogP contribution in [0.5, 0.6) is 0 Å². The normalized spacial score (nSPS) is 15.7. The largest absolute Gasteiger partial charge is 0.416 e. The topological polar surface area (TPSA) is 90.8 Å². The van der Waals surface area contributed by atoms with Crippen LogP contribution in [0, 0.1) is 22.7 Å². The van der Waals surface area contributed by atoms with E-state index in [9.17, 15) is 18.4 Å². The van der Waals surface area contributed by atoms with Crippen LogP contribution in [0.3, 0.4) is 0 Å². The third-order valence-corrected chi connectivity index (χ3v) is 5.28. The quantitative estimate of drug-likeness (QED) is 0.564. The first-order valence-electron chi connectivity index (χ1n) is 9.81. The lowest BCUT2D eigenvalue weighted by Gasteiger charge is -2.34. The molecule has 33 heavy (non-hydrogen) atoms. The van der Waals surface area contributed by atoms with Crippen molar-refractivity contribution in [1.29, 1.82) is 10.5 Å². The zero-order valence-electron chi connectivity index (χ0n) is 17.6. The first-order valence-corrected chi connectivity index (χ1v) is 9.81. The summed E-state index contributed by atoms with van der Waals surface area (Å²) < 4.78 is 46.7. The van der Waals surface area contributed by atoms with E-state index in [4.69, 9.17) is 10.00 Å². The average molecular weight is 450 g/mol. The van der Waals surface area contributed by atoms with E-state index in [0.717, 1.165) is 12.1 Å². The second-order valence-electron chi connectivity index (χ2n) is 7.34. The molecule has 1 aliphatic heterocycles. The van der Waals surface area contributed by atoms with Crippen molar-refractivity contribution in [3.8, 4) is 12.1 Å². The summed E-state index contributed by atoms with van der Waals surface area (Å²) in [6.07, 6.45) is -4.53. The van der Waals surface area contributed by atoms with Crippen LogP contribution in [0.15, 0.2) is 59.8 Å². The van der Waals surface area contributed by atoms with Gasteiger partial charge in [-0.05, 0) is 42.8 Å². The maximum absolute atomic E-state index is 13.4. The molecule has 0 saturated heterocycles. The molecule has 0 N–H and O–H groups in total. The van der Waals surface area contributed by atoms with Crippen molar-refractivity contribution in [3.05, 3.63) is 82.3 Å². The van der Waals surface area contributed by atoms with Crippen LogP contribution in [-0.4, -0.2) is 21.9 Å². The number of fused-ring (bicyclic) bond motifs is 1. The van der Waals surface area contributed by atoms with Gasteiger partial charge in [0.25, 0.3) is 0 Å². The lowest BCUT2D eigenvalue weighted by Crippen LogP contribution is -2.31. The molecule has 3 aromatic rings. The Morgan fingerprint density at radius 3 is 2.42 bits per heavy atom. The Kier molecular flexibility index (Phi) is 5.62. The molecule has 1 unspecified atom stereocenters. The van der Waals surface area contributed by atoms with Crippen molar-refractivity contribution in [2.75, 3.05) is 12.0 Å². The summed E-state index contributed by atoms with van der Waals surface area (Å²) in [5, 5.41) is 23.6. The molecule has 0 spiro atoms. The molecule has 2 aromatic carbocycles. The Labute approximate surface area is 187 Å². The van der Waals surface area contributed by atoms with Crippen molar-refractivity contribution in [2.24, 2.45) is 0 Å². The average Bonchev–Trinajstić information content (AvgIpc) is 3.21. The summed E-state index contributed by atoms with van der Waals surface area (Å²) >= 11 is 0. The van der Waals surface area contributed by atoms with Crippen LogP contribution >= 0.6 is 0 Å². The third-order valence-electron chi connectivity index (χ3n) is 5.28. The first kappa shape index (κ1) is 22.1. The Hall–Kier alpha value is -4.15. The highest BCUT2D eigenvalue weighted by Gasteiger charge is 2.37. The number of hydrogen-bond acceptors (Lipinski definition) is 6. The molecule has 166 valence electrons. The van der Waals surface area contributed by atoms with E-state index in [1.807, 2.05) is 6.07 Å². The number of nitrogens with zero attached hydrogens (tertiary/aromatic N) is 6. The predicted octanol–water partition coefficient (Wildman–Crippen LogP) is 4.85. The van der Waals surface area contributed by atoms with Gasteiger partial charge in [0.15, 0.2) is 5.82 Å². The number of halogens is 3. The van der Waals surface area contributed by atoms with Gasteiger partial charge in [0.05, 0.1) is 28.8 Å². The molecule has 2 heterocycles. The van der Waals surface area contributed by atoms with Crippen molar-refractivity contribution < 1.29 is 17.9 Å². The van der Waals surface area contributed by atoms with Crippen LogP contribution in [0.2, 0.25) is 0 Å². The molecule has 0 radical (unpaired) electrons. The van der Waals surface area contributed by atoms with Gasteiger partial charge < -0.3 is 4.74 Å². The molecular formula is C23H17F3N6O. The predicted molar refractivity (Wildman–Crippen MR) is 112 cm³/mol. The lowest BCUT2D eigenvalue weighted by atomic mass is 9.95. The summed E-state index contributed by atoms with van der Waals surface area (Å²) in [6, 6.07) is 15.1. The standard InChI is InChI=1S/C23H17F3N6O/c1-14-19(12-28)21(16-8-6-15(11-27)7-9-16)32-22(29-20(30-32)13-33-2)31(14)18-5-3-4-17(10-18)23(24,25)26/h3-10,21H,13H2,1-2H3. The van der Waals surface area contributed by atoms with Crippen molar-refractivity contribution in [3.63, 3.8) is 0 Å². The molecule has 0 amide bonds. The molecule has 4 rings (SSSR count). The zero-order chi connectivity index (χ0) is 23.8. The minimum absolute atomic E-state index is 0.0808. The Morgan fingerprint density at radius 1 is 1.09 bits per heavy atom. The van der Waals surface area contributed by atoms with Gasteiger partial charge in [0, 0.05) is 18.5 Å². The first-order chi connectivity index (χ1) is 15.8. The number of nitriles is 2. The molecule has 0 saturated carbocycles. The monoisotopic (exact) mass is 450 g/mol. The fraction of sp³-hybridized carbons (Fsp3) is 0.217. The smallest absolute Gasteiger partial charge is 0.377 e. The molecule has 1 aliphatic rings. The van der Waals surface area contributed by atoms with Gasteiger partial charge in [-0.2, -0.15) is 33.8 Å². The van der Waals surface area contributed by atoms with E-state index in [2.05, 4.69) is 16.2 Å². The number of rotatable bonds is 4. The number of anilines is 2. The van der Waals surface area contributed by atoms with Crippen LogP contribution in [0.1, 0.15) is 35.5 Å². The summed E-state index contributed by atoms with van der Waals surface area (Å²) in [4.78, 5) is 5.98. The molecule has 1 aromatic heterocycles. The van der Waals surface area contributed by atoms with Gasteiger partial charge in [-0.1, -0.05) is 18.2 Å². The summed E-state index contributed by atoms with van der Waals surface area (Å²) in [5.41, 5.74) is 1.24. The highest BCUT2D eigenvalue weighted by molar-refractivity contribution is 5.68. The molecule has 0 fully saturated rings. The van der Waals surface area contributed by atoms with Gasteiger partial charge in [-0.25, -0.2) is 4.68 Å². The Morgan fingerprint density at radius 2 is 1.82 bits per heavy atom. The summed E-state index contributed by atoms with van der Waals surface area (Å²) in [5.74, 6) is 0.572. The molecule has 7 nitrogen and oxygen atoms in total. The fourth-order valence-electron chi connectivity index (χ4n) is 3.78. The van der Waals surface area contributed by atoms with Crippen molar-refractivity contribution in [2.45, 2.75) is 25.7 Å². The van der Waals surface area contributed by atoms with E-state index in [-0.39, 0.29) is 18.2 Å². The molecule has 1 atom stereocenters. The molecule has 0 aliphatic carbocycles. The number of hydrogen-bond donors (Lipinski definition) is 0. The van der Waals surface area contributed by atoms with Crippen LogP contribution < -0.4 is 4.90 Å². The lowest BCUT2D eigenvalue weighted by molar-refractivity contribution is -0.137. The van der Waals surface area contributed by atoms with Crippen molar-refractivity contribution in [1.82, 2.24) is 14.8 Å². The second kappa shape index (κ2) is 8.41. The molecular weight excluding hydrogens is 433 g/mol. The minimum atomic E-state index is -4.53. The van der Waals surface area contributed by atoms with Crippen molar-refractivity contribution >= 4 is 11.6 Å². The van der Waals surface area contributed by atoms with Gasteiger partial charge >= 0.3 is 6.18 Å².